The summed E-state index contributed by atoms with van der Waals surface area (Å²) in [6.07, 6.45) is 4.55. The molecular weight excluding hydrogens is 460 g/mol. The van der Waals surface area contributed by atoms with E-state index in [0.29, 0.717) is 16.7 Å². The van der Waals surface area contributed by atoms with E-state index in [9.17, 15) is 39.9 Å². The topological polar surface area (TPSA) is 171 Å². The van der Waals surface area contributed by atoms with Crippen molar-refractivity contribution in [1.29, 1.82) is 0 Å². The van der Waals surface area contributed by atoms with Crippen LogP contribution in [-0.2, 0) is 6.42 Å². The Morgan fingerprint density at radius 2 is 1.46 bits per heavy atom. The molecule has 0 saturated heterocycles. The molecule has 1 aliphatic carbocycles. The Kier molecular flexibility index (Phi) is 7.69. The number of allylic oxidation sites excluding steroid dienone is 2. The second kappa shape index (κ2) is 10.7. The van der Waals surface area contributed by atoms with Crippen molar-refractivity contribution in [1.82, 2.24) is 0 Å². The molecule has 10 heteroatoms. The second-order valence-electron chi connectivity index (χ2n) is 7.43. The third-order valence-corrected chi connectivity index (χ3v) is 5.23. The van der Waals surface area contributed by atoms with Crippen molar-refractivity contribution in [3.8, 4) is 11.5 Å². The van der Waals surface area contributed by atoms with Crippen LogP contribution in [0.5, 0.6) is 11.5 Å². The van der Waals surface area contributed by atoms with Crippen molar-refractivity contribution in [2.75, 3.05) is 13.2 Å². The minimum absolute atomic E-state index is 0.00921. The van der Waals surface area contributed by atoms with Crippen molar-refractivity contribution in [2.24, 2.45) is 0 Å². The van der Waals surface area contributed by atoms with Gasteiger partial charge in [-0.1, -0.05) is 30.9 Å². The van der Waals surface area contributed by atoms with E-state index in [-0.39, 0.29) is 53.4 Å². The summed E-state index contributed by atoms with van der Waals surface area (Å²) in [5.41, 5.74) is 1.01. The lowest BCUT2D eigenvalue weighted by Crippen LogP contribution is -2.12. The Balaban J connectivity index is 1.89. The van der Waals surface area contributed by atoms with Crippen molar-refractivity contribution in [3.63, 3.8) is 0 Å². The van der Waals surface area contributed by atoms with E-state index < -0.39 is 24.2 Å². The molecule has 0 bridgehead atoms. The fourth-order valence-electron chi connectivity index (χ4n) is 3.61. The van der Waals surface area contributed by atoms with E-state index in [1.165, 1.54) is 18.2 Å². The average Bonchev–Trinajstić information content (AvgIpc) is 2.81. The molecule has 0 unspecified atom stereocenters. The minimum Gasteiger partial charge on any atom is -0.489 e. The Bertz CT molecular complexity index is 1250. The maximum atomic E-state index is 11.7. The van der Waals surface area contributed by atoms with Crippen LogP contribution < -0.4 is 9.47 Å². The first kappa shape index (κ1) is 25.2. The van der Waals surface area contributed by atoms with Crippen molar-refractivity contribution in [3.05, 3.63) is 88.0 Å². The lowest BCUT2D eigenvalue weighted by atomic mass is 9.86. The lowest BCUT2D eigenvalue weighted by molar-refractivity contribution is -0.0427. The molecule has 0 aliphatic heterocycles. The molecular formula is C25H22O10. The minimum atomic E-state index is -1.78. The van der Waals surface area contributed by atoms with Gasteiger partial charge in [0.1, 0.15) is 35.8 Å². The van der Waals surface area contributed by atoms with Crippen molar-refractivity contribution >= 4 is 24.0 Å². The summed E-state index contributed by atoms with van der Waals surface area (Å²) in [4.78, 5) is 34.9. The number of aliphatic hydroxyl groups is 2. The zero-order valence-electron chi connectivity index (χ0n) is 18.3. The molecule has 0 aromatic heterocycles. The van der Waals surface area contributed by atoms with Crippen LogP contribution in [0.3, 0.4) is 0 Å². The molecule has 3 rings (SSSR count). The van der Waals surface area contributed by atoms with E-state index in [0.717, 1.165) is 12.1 Å². The normalized spacial score (nSPS) is 13.4. The van der Waals surface area contributed by atoms with Gasteiger partial charge in [0, 0.05) is 5.56 Å². The number of carboxylic acid groups (broad SMARTS) is 3. The summed E-state index contributed by atoms with van der Waals surface area (Å²) >= 11 is 0. The molecule has 2 aromatic carbocycles. The molecule has 2 aromatic rings. The molecule has 10 nitrogen and oxygen atoms in total. The number of benzene rings is 2. The van der Waals surface area contributed by atoms with Gasteiger partial charge in [0.05, 0.1) is 5.56 Å². The molecule has 0 fully saturated rings. The molecule has 0 saturated carbocycles. The molecule has 0 heterocycles. The van der Waals surface area contributed by atoms with Crippen molar-refractivity contribution < 1.29 is 49.4 Å². The van der Waals surface area contributed by atoms with Gasteiger partial charge in [-0.25, -0.2) is 14.4 Å². The first-order valence-electron chi connectivity index (χ1n) is 10.3. The van der Waals surface area contributed by atoms with Gasteiger partial charge in [-0.15, -0.1) is 0 Å². The van der Waals surface area contributed by atoms with Gasteiger partial charge in [-0.2, -0.15) is 0 Å². The zero-order chi connectivity index (χ0) is 25.7. The van der Waals surface area contributed by atoms with E-state index >= 15 is 0 Å². The van der Waals surface area contributed by atoms with Crippen LogP contribution in [-0.4, -0.2) is 56.7 Å². The molecule has 0 atom stereocenters. The number of aliphatic hydroxyl groups excluding tert-OH is 1. The van der Waals surface area contributed by atoms with Crippen molar-refractivity contribution in [2.45, 2.75) is 12.7 Å². The number of carboxylic acids is 3. The maximum absolute atomic E-state index is 11.7. The van der Waals surface area contributed by atoms with Crippen LogP contribution in [0.15, 0.2) is 54.6 Å². The SMILES string of the molecule is C=CCOc1cc(C(=O)O)c(OCC=C2C=Cc3c(C(O)O)ccc(C(=O)O)c3C2)cc1C(=O)O. The van der Waals surface area contributed by atoms with Crippen LogP contribution in [0.1, 0.15) is 54.1 Å². The van der Waals surface area contributed by atoms with Gasteiger partial charge in [-0.3, -0.25) is 0 Å². The monoisotopic (exact) mass is 482 g/mol. The molecule has 5 N–H and O–H groups in total. The molecule has 0 amide bonds. The zero-order valence-corrected chi connectivity index (χ0v) is 18.3. The smallest absolute Gasteiger partial charge is 0.339 e. The summed E-state index contributed by atoms with van der Waals surface area (Å²) in [6, 6.07) is 4.76. The van der Waals surface area contributed by atoms with E-state index in [2.05, 4.69) is 6.58 Å². The largest absolute Gasteiger partial charge is 0.489 e. The lowest BCUT2D eigenvalue weighted by Gasteiger charge is -2.20. The summed E-state index contributed by atoms with van der Waals surface area (Å²) in [5, 5.41) is 47.6. The predicted octanol–water partition coefficient (Wildman–Crippen LogP) is 2.90. The van der Waals surface area contributed by atoms with E-state index in [4.69, 9.17) is 9.47 Å². The maximum Gasteiger partial charge on any atom is 0.339 e. The quantitative estimate of drug-likeness (QED) is 0.250. The molecule has 35 heavy (non-hydrogen) atoms. The van der Waals surface area contributed by atoms with Gasteiger partial charge in [0.2, 0.25) is 0 Å². The highest BCUT2D eigenvalue weighted by Gasteiger charge is 2.23. The third-order valence-electron chi connectivity index (χ3n) is 5.23. The number of hydrogen-bond acceptors (Lipinski definition) is 7. The van der Waals surface area contributed by atoms with Gasteiger partial charge >= 0.3 is 17.9 Å². The van der Waals surface area contributed by atoms with E-state index in [1.807, 2.05) is 0 Å². The highest BCUT2D eigenvalue weighted by molar-refractivity contribution is 5.97. The summed E-state index contributed by atoms with van der Waals surface area (Å²) in [6.45, 7) is 3.30. The van der Waals surface area contributed by atoms with Crippen LogP contribution in [0.25, 0.3) is 6.08 Å². The average molecular weight is 482 g/mol. The van der Waals surface area contributed by atoms with E-state index in [1.54, 1.807) is 18.2 Å². The molecule has 1 aliphatic rings. The predicted molar refractivity (Wildman–Crippen MR) is 123 cm³/mol. The highest BCUT2D eigenvalue weighted by Crippen LogP contribution is 2.32. The van der Waals surface area contributed by atoms with Gasteiger partial charge in [0.15, 0.2) is 6.29 Å². The Hall–Kier alpha value is -4.41. The van der Waals surface area contributed by atoms with Gasteiger partial charge in [0.25, 0.3) is 0 Å². The Morgan fingerprint density at radius 3 is 1.97 bits per heavy atom. The Morgan fingerprint density at radius 1 is 0.886 bits per heavy atom. The number of fused-ring (bicyclic) bond motifs is 1. The van der Waals surface area contributed by atoms with Crippen LogP contribution in [0.4, 0.5) is 0 Å². The first-order chi connectivity index (χ1) is 16.6. The fraction of sp³-hybridized carbons (Fsp3) is 0.160. The number of aromatic carboxylic acids is 3. The number of hydrogen-bond donors (Lipinski definition) is 5. The highest BCUT2D eigenvalue weighted by atomic mass is 16.5. The summed E-state index contributed by atoms with van der Waals surface area (Å²) < 4.78 is 10.8. The van der Waals surface area contributed by atoms with Crippen LogP contribution in [0, 0.1) is 0 Å². The Labute approximate surface area is 199 Å². The third kappa shape index (κ3) is 5.57. The molecule has 0 radical (unpaired) electrons. The van der Waals surface area contributed by atoms with Crippen LogP contribution >= 0.6 is 0 Å². The summed E-state index contributed by atoms with van der Waals surface area (Å²) in [5.74, 6) is -4.18. The fourth-order valence-corrected chi connectivity index (χ4v) is 3.61. The number of ether oxygens (including phenoxy) is 2. The second-order valence-corrected chi connectivity index (χ2v) is 7.43. The first-order valence-corrected chi connectivity index (χ1v) is 10.3. The number of carbonyl (C=O) groups is 3. The molecule has 0 spiro atoms. The number of rotatable bonds is 10. The van der Waals surface area contributed by atoms with Gasteiger partial charge in [-0.05, 0) is 47.4 Å². The van der Waals surface area contributed by atoms with Crippen LogP contribution in [0.2, 0.25) is 0 Å². The summed E-state index contributed by atoms with van der Waals surface area (Å²) in [7, 11) is 0. The standard InChI is InChI=1S/C25H22O10/c1-2-8-34-20-11-19(25(32)33)21(12-18(20)24(30)31)35-9-7-13-3-4-14-15(22(26)27)5-6-16(23(28)29)17(14)10-13/h2-7,11-12,22,26-27H,1,8-10H2,(H,28,29)(H,30,31)(H,32,33). The van der Waals surface area contributed by atoms with Gasteiger partial charge < -0.3 is 35.0 Å². The molecule has 182 valence electrons.